The minimum Gasteiger partial charge on any atom is -0.480 e. The van der Waals surface area contributed by atoms with E-state index >= 15 is 0 Å². The van der Waals surface area contributed by atoms with E-state index in [0.29, 0.717) is 5.82 Å². The number of rotatable bonds is 6. The number of aliphatic carboxylic acids is 1. The van der Waals surface area contributed by atoms with Crippen molar-refractivity contribution in [2.24, 2.45) is 0 Å². The van der Waals surface area contributed by atoms with Gasteiger partial charge >= 0.3 is 12.0 Å². The molecule has 1 aromatic rings. The fourth-order valence-electron chi connectivity index (χ4n) is 1.33. The smallest absolute Gasteiger partial charge is 0.326 e. The lowest BCUT2D eigenvalue weighted by atomic mass is 10.2. The highest BCUT2D eigenvalue weighted by Gasteiger charge is 2.21. The van der Waals surface area contributed by atoms with Crippen LogP contribution in [0.1, 0.15) is 12.2 Å². The summed E-state index contributed by atoms with van der Waals surface area (Å²) >= 11 is 0. The first-order valence-electron chi connectivity index (χ1n) is 5.38. The number of H-pyrrole nitrogens is 1. The molecule has 0 aliphatic carbocycles. The van der Waals surface area contributed by atoms with Crippen LogP contribution in [0.5, 0.6) is 0 Å². The van der Waals surface area contributed by atoms with Crippen LogP contribution in [0.2, 0.25) is 0 Å². The molecule has 18 heavy (non-hydrogen) atoms. The molecule has 0 saturated carbocycles. The molecule has 0 saturated heterocycles. The predicted octanol–water partition coefficient (Wildman–Crippen LogP) is -0.613. The summed E-state index contributed by atoms with van der Waals surface area (Å²) in [6, 6.07) is -1.63. The zero-order valence-corrected chi connectivity index (χ0v) is 9.96. The van der Waals surface area contributed by atoms with Crippen LogP contribution in [0, 0.1) is 0 Å². The molecule has 8 nitrogen and oxygen atoms in total. The number of aliphatic hydroxyl groups excluding tert-OH is 1. The molecule has 2 amide bonds. The van der Waals surface area contributed by atoms with E-state index in [-0.39, 0.29) is 19.6 Å². The summed E-state index contributed by atoms with van der Waals surface area (Å²) in [4.78, 5) is 30.6. The van der Waals surface area contributed by atoms with Crippen LogP contribution in [-0.4, -0.2) is 56.8 Å². The highest BCUT2D eigenvalue weighted by atomic mass is 16.4. The van der Waals surface area contributed by atoms with Crippen molar-refractivity contribution in [1.29, 1.82) is 0 Å². The average molecular weight is 256 g/mol. The van der Waals surface area contributed by atoms with E-state index in [0.717, 1.165) is 0 Å². The number of urea groups is 1. The molecule has 0 spiro atoms. The summed E-state index contributed by atoms with van der Waals surface area (Å²) in [5, 5.41) is 19.8. The third-order valence-electron chi connectivity index (χ3n) is 2.30. The highest BCUT2D eigenvalue weighted by Crippen LogP contribution is 1.98. The Morgan fingerprint density at radius 2 is 2.33 bits per heavy atom. The fourth-order valence-corrected chi connectivity index (χ4v) is 1.33. The van der Waals surface area contributed by atoms with Crippen LogP contribution in [0.4, 0.5) is 4.79 Å². The van der Waals surface area contributed by atoms with E-state index in [4.69, 9.17) is 10.2 Å². The van der Waals surface area contributed by atoms with E-state index in [9.17, 15) is 9.59 Å². The summed E-state index contributed by atoms with van der Waals surface area (Å²) < 4.78 is 0. The summed E-state index contributed by atoms with van der Waals surface area (Å²) in [5.74, 6) is -0.578. The van der Waals surface area contributed by atoms with Gasteiger partial charge in [-0.05, 0) is 0 Å². The third kappa shape index (κ3) is 4.06. The lowest BCUT2D eigenvalue weighted by Gasteiger charge is -2.20. The van der Waals surface area contributed by atoms with E-state index in [1.54, 1.807) is 12.4 Å². The van der Waals surface area contributed by atoms with Crippen LogP contribution in [0.15, 0.2) is 12.4 Å². The zero-order valence-electron chi connectivity index (χ0n) is 9.96. The topological polar surface area (TPSA) is 119 Å². The van der Waals surface area contributed by atoms with Crippen molar-refractivity contribution in [1.82, 2.24) is 20.2 Å². The molecule has 0 aromatic carbocycles. The van der Waals surface area contributed by atoms with Crippen molar-refractivity contribution < 1.29 is 19.8 Å². The number of nitrogens with one attached hydrogen (secondary N) is 2. The van der Waals surface area contributed by atoms with E-state index in [1.165, 1.54) is 11.9 Å². The maximum atomic E-state index is 11.7. The van der Waals surface area contributed by atoms with Crippen molar-refractivity contribution in [3.05, 3.63) is 18.2 Å². The van der Waals surface area contributed by atoms with Gasteiger partial charge in [-0.1, -0.05) is 0 Å². The Kier molecular flexibility index (Phi) is 5.12. The molecular weight excluding hydrogens is 240 g/mol. The minimum absolute atomic E-state index is 0.0321. The maximum absolute atomic E-state index is 11.7. The molecule has 0 aliphatic heterocycles. The second-order valence-corrected chi connectivity index (χ2v) is 3.74. The van der Waals surface area contributed by atoms with Crippen molar-refractivity contribution >= 4 is 12.0 Å². The quantitative estimate of drug-likeness (QED) is 0.541. The number of carbonyl (C=O) groups excluding carboxylic acids is 1. The molecule has 0 bridgehead atoms. The molecule has 0 unspecified atom stereocenters. The lowest BCUT2D eigenvalue weighted by molar-refractivity contribution is -0.139. The Bertz CT molecular complexity index is 393. The molecule has 0 fully saturated rings. The second-order valence-electron chi connectivity index (χ2n) is 3.74. The number of carboxylic acids is 1. The number of hydrogen-bond donors (Lipinski definition) is 4. The van der Waals surface area contributed by atoms with Crippen LogP contribution in [0.25, 0.3) is 0 Å². The Morgan fingerprint density at radius 3 is 2.83 bits per heavy atom. The first-order valence-corrected chi connectivity index (χ1v) is 5.38. The van der Waals surface area contributed by atoms with Crippen LogP contribution < -0.4 is 5.32 Å². The zero-order chi connectivity index (χ0) is 13.5. The third-order valence-corrected chi connectivity index (χ3v) is 2.30. The minimum atomic E-state index is -1.18. The van der Waals surface area contributed by atoms with E-state index in [2.05, 4.69) is 15.3 Å². The number of aliphatic hydroxyl groups is 1. The van der Waals surface area contributed by atoms with E-state index in [1.807, 2.05) is 0 Å². The molecule has 1 heterocycles. The molecule has 100 valence electrons. The molecule has 0 radical (unpaired) electrons. The number of aromatic amines is 1. The van der Waals surface area contributed by atoms with Gasteiger partial charge in [-0.25, -0.2) is 14.6 Å². The van der Waals surface area contributed by atoms with Crippen molar-refractivity contribution in [2.75, 3.05) is 13.7 Å². The van der Waals surface area contributed by atoms with Gasteiger partial charge in [-0.3, -0.25) is 0 Å². The molecule has 1 rings (SSSR count). The number of carboxylic acid groups (broad SMARTS) is 1. The summed E-state index contributed by atoms with van der Waals surface area (Å²) in [6.07, 6.45) is 3.16. The van der Waals surface area contributed by atoms with Gasteiger partial charge in [0.1, 0.15) is 11.9 Å². The second kappa shape index (κ2) is 6.60. The van der Waals surface area contributed by atoms with Gasteiger partial charge in [0.15, 0.2) is 0 Å². The molecule has 0 aliphatic rings. The van der Waals surface area contributed by atoms with Gasteiger partial charge < -0.3 is 25.4 Å². The number of imidazole rings is 1. The highest BCUT2D eigenvalue weighted by molar-refractivity contribution is 5.82. The van der Waals surface area contributed by atoms with E-state index < -0.39 is 18.0 Å². The number of carbonyl (C=O) groups is 2. The summed E-state index contributed by atoms with van der Waals surface area (Å²) in [7, 11) is 1.52. The van der Waals surface area contributed by atoms with Crippen LogP contribution >= 0.6 is 0 Å². The number of hydrogen-bond acceptors (Lipinski definition) is 4. The molecule has 8 heteroatoms. The normalized spacial score (nSPS) is 11.9. The SMILES string of the molecule is CN(Cc1ncc[nH]1)C(=O)N[C@@H](CCO)C(=O)O. The van der Waals surface area contributed by atoms with Gasteiger partial charge in [-0.2, -0.15) is 0 Å². The van der Waals surface area contributed by atoms with Crippen LogP contribution in [-0.2, 0) is 11.3 Å². The van der Waals surface area contributed by atoms with Gasteiger partial charge in [-0.15, -0.1) is 0 Å². The summed E-state index contributed by atoms with van der Waals surface area (Å²) in [5.41, 5.74) is 0. The van der Waals surface area contributed by atoms with Crippen LogP contribution in [0.3, 0.4) is 0 Å². The van der Waals surface area contributed by atoms with Gasteiger partial charge in [0.25, 0.3) is 0 Å². The standard InChI is InChI=1S/C10H16N4O4/c1-14(6-8-11-3-4-12-8)10(18)13-7(2-5-15)9(16)17/h3-4,7,15H,2,5-6H2,1H3,(H,11,12)(H,13,18)(H,16,17)/t7-/m0/s1. The molecular formula is C10H16N4O4. The molecule has 1 aromatic heterocycles. The van der Waals surface area contributed by atoms with Gasteiger partial charge in [0.05, 0.1) is 6.54 Å². The van der Waals surface area contributed by atoms with Gasteiger partial charge in [0, 0.05) is 32.5 Å². The lowest BCUT2D eigenvalue weighted by Crippen LogP contribution is -2.46. The Morgan fingerprint density at radius 1 is 1.61 bits per heavy atom. The monoisotopic (exact) mass is 256 g/mol. The van der Waals surface area contributed by atoms with Crippen molar-refractivity contribution in [3.8, 4) is 0 Å². The van der Waals surface area contributed by atoms with Gasteiger partial charge in [0.2, 0.25) is 0 Å². The Hall–Kier alpha value is -2.09. The first kappa shape index (κ1) is 14.0. The van der Waals surface area contributed by atoms with Crippen molar-refractivity contribution in [3.63, 3.8) is 0 Å². The molecule has 1 atom stereocenters. The Balaban J connectivity index is 2.50. The number of nitrogens with zero attached hydrogens (tertiary/aromatic N) is 2. The average Bonchev–Trinajstić information content (AvgIpc) is 2.80. The largest absolute Gasteiger partial charge is 0.480 e. The number of aromatic nitrogens is 2. The number of amides is 2. The fraction of sp³-hybridized carbons (Fsp3) is 0.500. The maximum Gasteiger partial charge on any atom is 0.326 e. The first-order chi connectivity index (χ1) is 8.54. The predicted molar refractivity (Wildman–Crippen MR) is 61.7 cm³/mol. The summed E-state index contributed by atoms with van der Waals surface area (Å²) in [6.45, 7) is -0.0660. The Labute approximate surface area is 104 Å². The molecule has 4 N–H and O–H groups in total. The van der Waals surface area contributed by atoms with Crippen molar-refractivity contribution in [2.45, 2.75) is 19.0 Å².